The molecule has 0 unspecified atom stereocenters. The average Bonchev–Trinajstić information content (AvgIpc) is 2.86. The monoisotopic (exact) mass is 281 g/mol. The molecule has 3 aromatic rings. The molecule has 0 aliphatic heterocycles. The topological polar surface area (TPSA) is 55.3 Å². The van der Waals surface area contributed by atoms with E-state index < -0.39 is 0 Å². The van der Waals surface area contributed by atoms with E-state index in [1.165, 1.54) is 11.1 Å². The lowest BCUT2D eigenvalue weighted by molar-refractivity contribution is 0.316. The first-order valence-electron chi connectivity index (χ1n) is 7.04. The maximum atomic E-state index is 5.84. The molecule has 1 aromatic carbocycles. The molecule has 0 radical (unpaired) electrons. The van der Waals surface area contributed by atoms with E-state index in [0.717, 1.165) is 29.8 Å². The van der Waals surface area contributed by atoms with Crippen molar-refractivity contribution >= 4 is 11.0 Å². The van der Waals surface area contributed by atoms with Gasteiger partial charge in [0, 0.05) is 36.4 Å². The summed E-state index contributed by atoms with van der Waals surface area (Å²) in [5.41, 5.74) is 9.16. The first-order valence-corrected chi connectivity index (χ1v) is 7.04. The largest absolute Gasteiger partial charge is 0.459 e. The number of hydrogen-bond acceptors (Lipinski definition) is 4. The van der Waals surface area contributed by atoms with Gasteiger partial charge < -0.3 is 10.2 Å². The van der Waals surface area contributed by atoms with Crippen molar-refractivity contribution in [1.82, 2.24) is 9.88 Å². The van der Waals surface area contributed by atoms with Crippen LogP contribution in [-0.2, 0) is 19.6 Å². The molecule has 4 heteroatoms. The molecule has 0 fully saturated rings. The Morgan fingerprint density at radius 3 is 2.62 bits per heavy atom. The van der Waals surface area contributed by atoms with E-state index in [4.69, 9.17) is 10.2 Å². The highest BCUT2D eigenvalue weighted by molar-refractivity contribution is 5.82. The Labute approximate surface area is 124 Å². The maximum Gasteiger partial charge on any atom is 0.134 e. The third-order valence-electron chi connectivity index (χ3n) is 3.60. The number of hydrogen-bond donors (Lipinski definition) is 1. The lowest BCUT2D eigenvalue weighted by Gasteiger charge is -2.16. The summed E-state index contributed by atoms with van der Waals surface area (Å²) >= 11 is 0. The minimum atomic E-state index is 0.424. The number of nitrogens with zero attached hydrogens (tertiary/aromatic N) is 2. The number of nitrogens with two attached hydrogens (primary N) is 1. The van der Waals surface area contributed by atoms with Crippen molar-refractivity contribution in [2.45, 2.75) is 19.6 Å². The molecule has 0 aliphatic rings. The van der Waals surface area contributed by atoms with E-state index in [1.807, 2.05) is 42.7 Å². The Balaban J connectivity index is 1.84. The Morgan fingerprint density at radius 2 is 1.86 bits per heavy atom. The van der Waals surface area contributed by atoms with Gasteiger partial charge in [-0.3, -0.25) is 9.88 Å². The second kappa shape index (κ2) is 6.08. The first kappa shape index (κ1) is 13.8. The van der Waals surface area contributed by atoms with Gasteiger partial charge in [-0.25, -0.2) is 0 Å². The van der Waals surface area contributed by atoms with Crippen molar-refractivity contribution in [2.24, 2.45) is 5.73 Å². The SMILES string of the molecule is CN(Cc1ccncc1)Cc1c(CN)oc2ccccc12. The van der Waals surface area contributed by atoms with Gasteiger partial charge in [0.15, 0.2) is 0 Å². The van der Waals surface area contributed by atoms with Crippen LogP contribution < -0.4 is 5.73 Å². The van der Waals surface area contributed by atoms with Crippen LogP contribution in [0.3, 0.4) is 0 Å². The molecule has 3 rings (SSSR count). The van der Waals surface area contributed by atoms with Crippen molar-refractivity contribution in [3.05, 3.63) is 65.7 Å². The van der Waals surface area contributed by atoms with Crippen LogP contribution in [0, 0.1) is 0 Å². The first-order chi connectivity index (χ1) is 10.3. The molecular formula is C17H19N3O. The van der Waals surface area contributed by atoms with Gasteiger partial charge in [0.25, 0.3) is 0 Å². The quantitative estimate of drug-likeness (QED) is 0.781. The van der Waals surface area contributed by atoms with Gasteiger partial charge in [-0.05, 0) is 30.8 Å². The number of furan rings is 1. The molecule has 4 nitrogen and oxygen atoms in total. The molecule has 0 saturated heterocycles. The Hall–Kier alpha value is -2.17. The van der Waals surface area contributed by atoms with E-state index in [2.05, 4.69) is 23.0 Å². The van der Waals surface area contributed by atoms with Crippen LogP contribution in [0.25, 0.3) is 11.0 Å². The van der Waals surface area contributed by atoms with Gasteiger partial charge in [-0.15, -0.1) is 0 Å². The number of pyridine rings is 1. The fourth-order valence-corrected chi connectivity index (χ4v) is 2.61. The van der Waals surface area contributed by atoms with Gasteiger partial charge in [-0.2, -0.15) is 0 Å². The van der Waals surface area contributed by atoms with Crippen molar-refractivity contribution in [2.75, 3.05) is 7.05 Å². The molecule has 0 atom stereocenters. The molecule has 0 aliphatic carbocycles. The van der Waals surface area contributed by atoms with E-state index in [-0.39, 0.29) is 0 Å². The van der Waals surface area contributed by atoms with E-state index >= 15 is 0 Å². The smallest absolute Gasteiger partial charge is 0.134 e. The van der Waals surface area contributed by atoms with Gasteiger partial charge >= 0.3 is 0 Å². The lowest BCUT2D eigenvalue weighted by Crippen LogP contribution is -2.18. The predicted octanol–water partition coefficient (Wildman–Crippen LogP) is 2.92. The summed E-state index contributed by atoms with van der Waals surface area (Å²) < 4.78 is 5.84. The summed E-state index contributed by atoms with van der Waals surface area (Å²) in [6.45, 7) is 2.10. The minimum Gasteiger partial charge on any atom is -0.459 e. The van der Waals surface area contributed by atoms with Crippen LogP contribution in [0.15, 0.2) is 53.2 Å². The molecule has 2 heterocycles. The zero-order valence-electron chi connectivity index (χ0n) is 12.1. The normalized spacial score (nSPS) is 11.4. The van der Waals surface area contributed by atoms with Crippen molar-refractivity contribution in [3.63, 3.8) is 0 Å². The molecule has 0 bridgehead atoms. The second-order valence-electron chi connectivity index (χ2n) is 5.23. The van der Waals surface area contributed by atoms with Gasteiger partial charge in [0.1, 0.15) is 11.3 Å². The molecule has 21 heavy (non-hydrogen) atoms. The third-order valence-corrected chi connectivity index (χ3v) is 3.60. The predicted molar refractivity (Wildman–Crippen MR) is 83.5 cm³/mol. The van der Waals surface area contributed by atoms with E-state index in [9.17, 15) is 0 Å². The van der Waals surface area contributed by atoms with E-state index in [0.29, 0.717) is 6.54 Å². The minimum absolute atomic E-state index is 0.424. The summed E-state index contributed by atoms with van der Waals surface area (Å²) in [4.78, 5) is 6.30. The van der Waals surface area contributed by atoms with Crippen LogP contribution in [0.4, 0.5) is 0 Å². The van der Waals surface area contributed by atoms with Crippen molar-refractivity contribution in [1.29, 1.82) is 0 Å². The highest BCUT2D eigenvalue weighted by atomic mass is 16.3. The maximum absolute atomic E-state index is 5.84. The summed E-state index contributed by atoms with van der Waals surface area (Å²) in [5, 5.41) is 1.15. The number of para-hydroxylation sites is 1. The zero-order valence-corrected chi connectivity index (χ0v) is 12.1. The molecular weight excluding hydrogens is 262 g/mol. The van der Waals surface area contributed by atoms with Crippen molar-refractivity contribution in [3.8, 4) is 0 Å². The molecule has 0 spiro atoms. The molecule has 0 saturated carbocycles. The standard InChI is InChI=1S/C17H19N3O/c1-20(11-13-6-8-19-9-7-13)12-15-14-4-2-3-5-16(14)21-17(15)10-18/h2-9H,10-12,18H2,1H3. The van der Waals surface area contributed by atoms with Crippen LogP contribution in [-0.4, -0.2) is 16.9 Å². The van der Waals surface area contributed by atoms with E-state index in [1.54, 1.807) is 0 Å². The Morgan fingerprint density at radius 1 is 1.10 bits per heavy atom. The highest BCUT2D eigenvalue weighted by Crippen LogP contribution is 2.26. The number of benzene rings is 1. The van der Waals surface area contributed by atoms with Crippen LogP contribution in [0.5, 0.6) is 0 Å². The van der Waals surface area contributed by atoms with Gasteiger partial charge in [-0.1, -0.05) is 18.2 Å². The molecule has 0 amide bonds. The summed E-state index contributed by atoms with van der Waals surface area (Å²) in [5.74, 6) is 0.873. The van der Waals surface area contributed by atoms with Crippen LogP contribution >= 0.6 is 0 Å². The van der Waals surface area contributed by atoms with Gasteiger partial charge in [0.05, 0.1) is 6.54 Å². The highest BCUT2D eigenvalue weighted by Gasteiger charge is 2.14. The Kier molecular flexibility index (Phi) is 3.99. The lowest BCUT2D eigenvalue weighted by atomic mass is 10.1. The summed E-state index contributed by atoms with van der Waals surface area (Å²) in [7, 11) is 2.10. The summed E-state index contributed by atoms with van der Waals surface area (Å²) in [6.07, 6.45) is 3.64. The summed E-state index contributed by atoms with van der Waals surface area (Å²) in [6, 6.07) is 12.2. The molecule has 2 aromatic heterocycles. The second-order valence-corrected chi connectivity index (χ2v) is 5.23. The number of fused-ring (bicyclic) bond motifs is 1. The van der Waals surface area contributed by atoms with Gasteiger partial charge in [0.2, 0.25) is 0 Å². The number of aromatic nitrogens is 1. The Bertz CT molecular complexity index is 721. The average molecular weight is 281 g/mol. The third kappa shape index (κ3) is 2.96. The molecule has 2 N–H and O–H groups in total. The fraction of sp³-hybridized carbons (Fsp3) is 0.235. The fourth-order valence-electron chi connectivity index (χ4n) is 2.61. The van der Waals surface area contributed by atoms with Crippen LogP contribution in [0.1, 0.15) is 16.9 Å². The van der Waals surface area contributed by atoms with Crippen molar-refractivity contribution < 1.29 is 4.42 Å². The van der Waals surface area contributed by atoms with Crippen LogP contribution in [0.2, 0.25) is 0 Å². The zero-order chi connectivity index (χ0) is 14.7. The number of rotatable bonds is 5. The molecule has 108 valence electrons.